The monoisotopic (exact) mass is 336 g/mol. The summed E-state index contributed by atoms with van der Waals surface area (Å²) in [6.07, 6.45) is 0. The molecule has 0 aliphatic carbocycles. The molecule has 2 N–H and O–H groups in total. The van der Waals surface area contributed by atoms with Crippen molar-refractivity contribution in [3.8, 4) is 5.75 Å². The molecular weight excluding hydrogens is 316 g/mol. The maximum absolute atomic E-state index is 11.9. The van der Waals surface area contributed by atoms with Crippen LogP contribution in [0.3, 0.4) is 0 Å². The molecule has 0 atom stereocenters. The Morgan fingerprint density at radius 1 is 1.20 bits per heavy atom. The van der Waals surface area contributed by atoms with Gasteiger partial charge in [-0.05, 0) is 44.5 Å². The predicted octanol–water partition coefficient (Wildman–Crippen LogP) is 3.78. The van der Waals surface area contributed by atoms with Crippen LogP contribution in [0.2, 0.25) is 0 Å². The van der Waals surface area contributed by atoms with Crippen LogP contribution in [0.1, 0.15) is 28.4 Å². The quantitative estimate of drug-likeness (QED) is 0.787. The number of nitrogens with two attached hydrogens (primary N) is 1. The minimum absolute atomic E-state index is 0.180. The Kier molecular flexibility index (Phi) is 4.57. The molecule has 1 aromatic heterocycles. The Morgan fingerprint density at radius 2 is 2.00 bits per heavy atom. The number of rotatable bonds is 4. The lowest BCUT2D eigenvalue weighted by atomic mass is 10.1. The van der Waals surface area contributed by atoms with Crippen molar-refractivity contribution in [3.63, 3.8) is 0 Å². The number of carbonyl (C=O) groups excluding carboxylic acids is 1. The van der Waals surface area contributed by atoms with Gasteiger partial charge in [0.1, 0.15) is 5.56 Å². The number of nitrogens with zero attached hydrogens (tertiary/aromatic N) is 1. The first kappa shape index (κ1) is 16.8. The summed E-state index contributed by atoms with van der Waals surface area (Å²) < 4.78 is 11.5. The smallest absolute Gasteiger partial charge is 0.254 e. The number of hydrogen-bond donors (Lipinski definition) is 1. The second-order valence-electron chi connectivity index (χ2n) is 5.84. The fourth-order valence-electron chi connectivity index (χ4n) is 2.69. The van der Waals surface area contributed by atoms with Crippen LogP contribution in [0.15, 0.2) is 51.9 Å². The van der Waals surface area contributed by atoms with Crippen molar-refractivity contribution >= 4 is 22.6 Å². The number of para-hydroxylation sites is 1. The second kappa shape index (κ2) is 6.81. The third-order valence-electron chi connectivity index (χ3n) is 3.88. The number of carbonyl (C=O) groups is 1. The van der Waals surface area contributed by atoms with Gasteiger partial charge >= 0.3 is 0 Å². The first-order valence-corrected chi connectivity index (χ1v) is 8.11. The van der Waals surface area contributed by atoms with E-state index in [0.29, 0.717) is 17.9 Å². The molecule has 3 aromatic rings. The summed E-state index contributed by atoms with van der Waals surface area (Å²) in [6.45, 7) is 6.39. The van der Waals surface area contributed by atoms with Crippen LogP contribution in [0.25, 0.3) is 11.0 Å². The first-order chi connectivity index (χ1) is 12.0. The van der Waals surface area contributed by atoms with E-state index in [1.807, 2.05) is 57.2 Å². The highest BCUT2D eigenvalue weighted by atomic mass is 16.5. The van der Waals surface area contributed by atoms with Crippen molar-refractivity contribution in [2.24, 2.45) is 10.7 Å². The molecule has 2 aromatic carbocycles. The highest BCUT2D eigenvalue weighted by molar-refractivity contribution is 5.96. The molecule has 0 saturated carbocycles. The number of primary amides is 1. The van der Waals surface area contributed by atoms with E-state index >= 15 is 0 Å². The van der Waals surface area contributed by atoms with Crippen molar-refractivity contribution in [3.05, 3.63) is 64.7 Å². The fourth-order valence-corrected chi connectivity index (χ4v) is 2.69. The molecule has 5 nitrogen and oxygen atoms in total. The molecule has 0 radical (unpaired) electrons. The van der Waals surface area contributed by atoms with Gasteiger partial charge in [0.05, 0.1) is 12.3 Å². The maximum Gasteiger partial charge on any atom is 0.254 e. The summed E-state index contributed by atoms with van der Waals surface area (Å²) >= 11 is 0. The molecule has 5 heteroatoms. The molecule has 0 aliphatic heterocycles. The lowest BCUT2D eigenvalue weighted by Crippen LogP contribution is -2.21. The summed E-state index contributed by atoms with van der Waals surface area (Å²) in [6, 6.07) is 13.1. The van der Waals surface area contributed by atoms with Crippen LogP contribution >= 0.6 is 0 Å². The molecule has 0 aliphatic rings. The minimum Gasteiger partial charge on any atom is -0.490 e. The average Bonchev–Trinajstić information content (AvgIpc) is 2.57. The van der Waals surface area contributed by atoms with Gasteiger partial charge in [0.2, 0.25) is 5.55 Å². The van der Waals surface area contributed by atoms with Crippen molar-refractivity contribution in [1.29, 1.82) is 0 Å². The number of benzene rings is 2. The third-order valence-corrected chi connectivity index (χ3v) is 3.88. The number of hydrogen-bond acceptors (Lipinski definition) is 4. The van der Waals surface area contributed by atoms with Crippen molar-refractivity contribution in [2.45, 2.75) is 20.8 Å². The van der Waals surface area contributed by atoms with E-state index in [-0.39, 0.29) is 11.1 Å². The van der Waals surface area contributed by atoms with E-state index in [0.717, 1.165) is 22.2 Å². The topological polar surface area (TPSA) is 77.8 Å². The standard InChI is InChI=1S/C20H20N2O3/c1-4-24-17-7-5-6-14-11-15(19(21)23)20(25-18(14)17)22-16-9-8-12(2)10-13(16)3/h5-11H,4H2,1-3H3,(H2,21,23). The molecule has 0 spiro atoms. The van der Waals surface area contributed by atoms with E-state index in [2.05, 4.69) is 4.99 Å². The Bertz CT molecular complexity index is 1020. The van der Waals surface area contributed by atoms with Crippen LogP contribution < -0.4 is 16.0 Å². The molecule has 1 amide bonds. The summed E-state index contributed by atoms with van der Waals surface area (Å²) in [5.74, 6) is 0.0177. The van der Waals surface area contributed by atoms with E-state index < -0.39 is 5.91 Å². The van der Waals surface area contributed by atoms with Gasteiger partial charge in [-0.2, -0.15) is 0 Å². The van der Waals surface area contributed by atoms with Crippen LogP contribution in [-0.4, -0.2) is 12.5 Å². The zero-order chi connectivity index (χ0) is 18.0. The number of aryl methyl sites for hydroxylation is 2. The molecule has 0 unspecified atom stereocenters. The molecule has 128 valence electrons. The Balaban J connectivity index is 2.31. The highest BCUT2D eigenvalue weighted by Gasteiger charge is 2.12. The average molecular weight is 336 g/mol. The summed E-state index contributed by atoms with van der Waals surface area (Å²) in [4.78, 5) is 16.4. The second-order valence-corrected chi connectivity index (χ2v) is 5.84. The fraction of sp³-hybridized carbons (Fsp3) is 0.200. The van der Waals surface area contributed by atoms with Gasteiger partial charge in [0, 0.05) is 5.39 Å². The third kappa shape index (κ3) is 3.40. The molecule has 3 rings (SSSR count). The molecule has 0 bridgehead atoms. The first-order valence-electron chi connectivity index (χ1n) is 8.11. The van der Waals surface area contributed by atoms with E-state index in [1.54, 1.807) is 6.07 Å². The maximum atomic E-state index is 11.9. The van der Waals surface area contributed by atoms with Gasteiger partial charge in [-0.15, -0.1) is 0 Å². The van der Waals surface area contributed by atoms with Crippen molar-refractivity contribution in [1.82, 2.24) is 0 Å². The lowest BCUT2D eigenvalue weighted by Gasteiger charge is -2.08. The zero-order valence-electron chi connectivity index (χ0n) is 14.5. The SMILES string of the molecule is CCOc1cccc2cc(C(N)=O)c(=Nc3ccc(C)cc3C)oc12. The minimum atomic E-state index is -0.587. The number of fused-ring (bicyclic) bond motifs is 1. The van der Waals surface area contributed by atoms with E-state index in [4.69, 9.17) is 14.9 Å². The number of amides is 1. The van der Waals surface area contributed by atoms with E-state index in [1.165, 1.54) is 0 Å². The molecule has 0 fully saturated rings. The highest BCUT2D eigenvalue weighted by Crippen LogP contribution is 2.25. The predicted molar refractivity (Wildman–Crippen MR) is 97.0 cm³/mol. The van der Waals surface area contributed by atoms with Crippen molar-refractivity contribution in [2.75, 3.05) is 6.61 Å². The Hall–Kier alpha value is -3.08. The van der Waals surface area contributed by atoms with E-state index in [9.17, 15) is 4.79 Å². The largest absolute Gasteiger partial charge is 0.490 e. The Morgan fingerprint density at radius 3 is 2.68 bits per heavy atom. The Labute approximate surface area is 145 Å². The van der Waals surface area contributed by atoms with Crippen LogP contribution in [-0.2, 0) is 0 Å². The summed E-state index contributed by atoms with van der Waals surface area (Å²) in [7, 11) is 0. The van der Waals surface area contributed by atoms with Crippen molar-refractivity contribution < 1.29 is 13.9 Å². The molecule has 1 heterocycles. The van der Waals surface area contributed by atoms with Crippen LogP contribution in [0.5, 0.6) is 5.75 Å². The number of ether oxygens (including phenoxy) is 1. The van der Waals surface area contributed by atoms with Crippen LogP contribution in [0, 0.1) is 13.8 Å². The van der Waals surface area contributed by atoms with Gasteiger partial charge in [-0.1, -0.05) is 29.8 Å². The zero-order valence-corrected chi connectivity index (χ0v) is 14.5. The van der Waals surface area contributed by atoms with Gasteiger partial charge in [0.15, 0.2) is 11.3 Å². The van der Waals surface area contributed by atoms with Gasteiger partial charge in [0.25, 0.3) is 5.91 Å². The molecular formula is C20H20N2O3. The van der Waals surface area contributed by atoms with Gasteiger partial charge < -0.3 is 14.9 Å². The normalized spacial score (nSPS) is 11.7. The van der Waals surface area contributed by atoms with Gasteiger partial charge in [-0.25, -0.2) is 4.99 Å². The van der Waals surface area contributed by atoms with Crippen LogP contribution in [0.4, 0.5) is 5.69 Å². The lowest BCUT2D eigenvalue weighted by molar-refractivity contribution is 0.0996. The molecule has 25 heavy (non-hydrogen) atoms. The van der Waals surface area contributed by atoms with Gasteiger partial charge in [-0.3, -0.25) is 4.79 Å². The molecule has 0 saturated heterocycles. The summed E-state index contributed by atoms with van der Waals surface area (Å²) in [5.41, 5.74) is 9.34. The summed E-state index contributed by atoms with van der Waals surface area (Å²) in [5, 5.41) is 0.735.